The molecular formula is C10H20N4O. The van der Waals surface area contributed by atoms with Gasteiger partial charge in [0.25, 0.3) is 0 Å². The van der Waals surface area contributed by atoms with Crippen molar-refractivity contribution < 1.29 is 4.79 Å². The molecule has 2 rings (SSSR count). The second-order valence-corrected chi connectivity index (χ2v) is 4.38. The van der Waals surface area contributed by atoms with Gasteiger partial charge < -0.3 is 10.6 Å². The first-order valence-corrected chi connectivity index (χ1v) is 5.76. The lowest BCUT2D eigenvalue weighted by atomic mass is 10.2. The highest BCUT2D eigenvalue weighted by Crippen LogP contribution is 2.05. The van der Waals surface area contributed by atoms with Crippen LogP contribution in [-0.4, -0.2) is 49.3 Å². The zero-order chi connectivity index (χ0) is 10.7. The molecule has 2 fully saturated rings. The van der Waals surface area contributed by atoms with Gasteiger partial charge in [-0.25, -0.2) is 0 Å². The first kappa shape index (κ1) is 10.9. The average Bonchev–Trinajstić information content (AvgIpc) is 2.43. The van der Waals surface area contributed by atoms with Gasteiger partial charge in [-0.1, -0.05) is 0 Å². The van der Waals surface area contributed by atoms with Gasteiger partial charge >= 0.3 is 0 Å². The normalized spacial score (nSPS) is 34.6. The highest BCUT2D eigenvalue weighted by atomic mass is 16.2. The molecule has 2 saturated heterocycles. The Labute approximate surface area is 90.6 Å². The largest absolute Gasteiger partial charge is 0.328 e. The third-order valence-electron chi connectivity index (χ3n) is 2.97. The van der Waals surface area contributed by atoms with Gasteiger partial charge in [0.2, 0.25) is 5.91 Å². The summed E-state index contributed by atoms with van der Waals surface area (Å²) in [5.74, 6) is 0.156. The second-order valence-electron chi connectivity index (χ2n) is 4.38. The lowest BCUT2D eigenvalue weighted by Crippen LogP contribution is -2.63. The van der Waals surface area contributed by atoms with Crippen LogP contribution in [0.5, 0.6) is 0 Å². The van der Waals surface area contributed by atoms with Gasteiger partial charge in [0.15, 0.2) is 0 Å². The van der Waals surface area contributed by atoms with Crippen LogP contribution < -0.4 is 16.0 Å². The van der Waals surface area contributed by atoms with Crippen molar-refractivity contribution >= 4 is 5.91 Å². The molecular weight excluding hydrogens is 192 g/mol. The van der Waals surface area contributed by atoms with Crippen LogP contribution in [0.15, 0.2) is 0 Å². The number of hydrogen-bond donors (Lipinski definition) is 3. The number of rotatable bonds is 1. The van der Waals surface area contributed by atoms with E-state index in [0.717, 1.165) is 32.6 Å². The maximum atomic E-state index is 11.4. The molecule has 0 bridgehead atoms. The summed E-state index contributed by atoms with van der Waals surface area (Å²) in [5, 5.41) is 9.76. The standard InChI is InChI=1S/C10H20N4O/c1-8-7-9(15)13-10(12-8)14-5-2-3-11-4-6-14/h8,10-12H,2-7H2,1H3,(H,13,15). The minimum absolute atomic E-state index is 0.0288. The average molecular weight is 212 g/mol. The van der Waals surface area contributed by atoms with Crippen molar-refractivity contribution in [3.8, 4) is 0 Å². The van der Waals surface area contributed by atoms with E-state index in [1.54, 1.807) is 0 Å². The fraction of sp³-hybridized carbons (Fsp3) is 0.900. The topological polar surface area (TPSA) is 56.4 Å². The molecule has 5 heteroatoms. The number of carbonyl (C=O) groups is 1. The Kier molecular flexibility index (Phi) is 3.56. The molecule has 0 spiro atoms. The van der Waals surface area contributed by atoms with E-state index in [4.69, 9.17) is 0 Å². The summed E-state index contributed by atoms with van der Waals surface area (Å²) in [5.41, 5.74) is 0. The number of amides is 1. The summed E-state index contributed by atoms with van der Waals surface area (Å²) in [6.45, 7) is 6.17. The smallest absolute Gasteiger partial charge is 0.223 e. The van der Waals surface area contributed by atoms with Gasteiger partial charge in [0, 0.05) is 32.1 Å². The Bertz CT molecular complexity index is 225. The minimum Gasteiger partial charge on any atom is -0.328 e. The molecule has 0 aromatic heterocycles. The van der Waals surface area contributed by atoms with Crippen LogP contribution in [-0.2, 0) is 4.79 Å². The third kappa shape index (κ3) is 2.90. The number of hydrogen-bond acceptors (Lipinski definition) is 4. The Morgan fingerprint density at radius 3 is 3.00 bits per heavy atom. The van der Waals surface area contributed by atoms with Crippen LogP contribution in [0.2, 0.25) is 0 Å². The predicted octanol–water partition coefficient (Wildman–Crippen LogP) is -0.937. The van der Waals surface area contributed by atoms with Crippen LogP contribution in [0.3, 0.4) is 0 Å². The van der Waals surface area contributed by atoms with E-state index in [1.165, 1.54) is 0 Å². The van der Waals surface area contributed by atoms with Crippen molar-refractivity contribution in [3.63, 3.8) is 0 Å². The van der Waals surface area contributed by atoms with Crippen LogP contribution in [0.25, 0.3) is 0 Å². The molecule has 15 heavy (non-hydrogen) atoms. The Balaban J connectivity index is 1.92. The highest BCUT2D eigenvalue weighted by Gasteiger charge is 2.27. The molecule has 3 N–H and O–H groups in total. The van der Waals surface area contributed by atoms with Gasteiger partial charge in [-0.15, -0.1) is 0 Å². The zero-order valence-electron chi connectivity index (χ0n) is 9.25. The molecule has 0 aromatic rings. The van der Waals surface area contributed by atoms with Gasteiger partial charge in [0.05, 0.1) is 0 Å². The maximum Gasteiger partial charge on any atom is 0.223 e. The lowest BCUT2D eigenvalue weighted by molar-refractivity contribution is -0.126. The minimum atomic E-state index is 0.0288. The molecule has 2 unspecified atom stereocenters. The lowest BCUT2D eigenvalue weighted by Gasteiger charge is -2.37. The third-order valence-corrected chi connectivity index (χ3v) is 2.97. The van der Waals surface area contributed by atoms with Gasteiger partial charge in [-0.2, -0.15) is 0 Å². The Hall–Kier alpha value is -0.650. The van der Waals surface area contributed by atoms with Crippen molar-refractivity contribution in [2.75, 3.05) is 26.2 Å². The van der Waals surface area contributed by atoms with E-state index in [2.05, 4.69) is 27.8 Å². The summed E-state index contributed by atoms with van der Waals surface area (Å²) in [6.07, 6.45) is 1.76. The van der Waals surface area contributed by atoms with E-state index in [-0.39, 0.29) is 18.2 Å². The number of nitrogens with zero attached hydrogens (tertiary/aromatic N) is 1. The summed E-state index contributed by atoms with van der Waals surface area (Å²) >= 11 is 0. The van der Waals surface area contributed by atoms with Crippen LogP contribution in [0.4, 0.5) is 0 Å². The molecule has 0 saturated carbocycles. The molecule has 2 atom stereocenters. The van der Waals surface area contributed by atoms with E-state index >= 15 is 0 Å². The van der Waals surface area contributed by atoms with E-state index in [1.807, 2.05) is 0 Å². The molecule has 5 nitrogen and oxygen atoms in total. The molecule has 86 valence electrons. The van der Waals surface area contributed by atoms with E-state index < -0.39 is 0 Å². The summed E-state index contributed by atoms with van der Waals surface area (Å²) in [7, 11) is 0. The molecule has 0 aliphatic carbocycles. The van der Waals surface area contributed by atoms with E-state index in [0.29, 0.717) is 6.42 Å². The van der Waals surface area contributed by atoms with Gasteiger partial charge in [-0.05, 0) is 19.9 Å². The number of nitrogens with one attached hydrogen (secondary N) is 3. The SMILES string of the molecule is CC1CC(=O)NC(N2CCCNCC2)N1. The number of carbonyl (C=O) groups excluding carboxylic acids is 1. The molecule has 0 radical (unpaired) electrons. The Morgan fingerprint density at radius 1 is 1.33 bits per heavy atom. The van der Waals surface area contributed by atoms with Crippen molar-refractivity contribution in [1.29, 1.82) is 0 Å². The molecule has 0 aromatic carbocycles. The highest BCUT2D eigenvalue weighted by molar-refractivity contribution is 5.77. The second kappa shape index (κ2) is 4.92. The first-order valence-electron chi connectivity index (χ1n) is 5.76. The van der Waals surface area contributed by atoms with Crippen molar-refractivity contribution in [2.24, 2.45) is 0 Å². The first-order chi connectivity index (χ1) is 7.25. The summed E-state index contributed by atoms with van der Waals surface area (Å²) < 4.78 is 0. The monoisotopic (exact) mass is 212 g/mol. The quantitative estimate of drug-likeness (QED) is 0.525. The van der Waals surface area contributed by atoms with Crippen molar-refractivity contribution in [2.45, 2.75) is 32.1 Å². The van der Waals surface area contributed by atoms with Crippen molar-refractivity contribution in [1.82, 2.24) is 20.9 Å². The van der Waals surface area contributed by atoms with Crippen LogP contribution in [0, 0.1) is 0 Å². The molecule has 2 aliphatic heterocycles. The fourth-order valence-corrected chi connectivity index (χ4v) is 2.18. The van der Waals surface area contributed by atoms with Crippen LogP contribution in [0.1, 0.15) is 19.8 Å². The van der Waals surface area contributed by atoms with Gasteiger partial charge in [0.1, 0.15) is 6.29 Å². The van der Waals surface area contributed by atoms with Crippen LogP contribution >= 0.6 is 0 Å². The zero-order valence-corrected chi connectivity index (χ0v) is 9.25. The molecule has 2 aliphatic rings. The van der Waals surface area contributed by atoms with E-state index in [9.17, 15) is 4.79 Å². The molecule has 1 amide bonds. The predicted molar refractivity (Wildman–Crippen MR) is 58.2 cm³/mol. The Morgan fingerprint density at radius 2 is 2.20 bits per heavy atom. The summed E-state index contributed by atoms with van der Waals surface area (Å²) in [4.78, 5) is 13.7. The fourth-order valence-electron chi connectivity index (χ4n) is 2.18. The maximum absolute atomic E-state index is 11.4. The van der Waals surface area contributed by atoms with Crippen molar-refractivity contribution in [3.05, 3.63) is 0 Å². The van der Waals surface area contributed by atoms with Gasteiger partial charge in [-0.3, -0.25) is 15.0 Å². The molecule has 2 heterocycles. The summed E-state index contributed by atoms with van der Waals surface area (Å²) in [6, 6.07) is 0.278.